The van der Waals surface area contributed by atoms with Gasteiger partial charge in [-0.05, 0) is 42.5 Å². The molecule has 0 bridgehead atoms. The molecule has 0 spiro atoms. The molecule has 0 aromatic heterocycles. The van der Waals surface area contributed by atoms with Crippen LogP contribution >= 0.6 is 0 Å². The molecule has 0 unspecified atom stereocenters. The first-order valence-electron chi connectivity index (χ1n) is 10.6. The summed E-state index contributed by atoms with van der Waals surface area (Å²) in [6, 6.07) is 25.6. The molecular formula is C26H29N3O2. The average Bonchev–Trinajstić information content (AvgIpc) is 2.82. The number of nitrogens with one attached hydrogen (secondary N) is 2. The summed E-state index contributed by atoms with van der Waals surface area (Å²) in [4.78, 5) is 26.4. The fraction of sp³-hybridized carbons (Fsp3) is 0.231. The number of hydrogen-bond acceptors (Lipinski definition) is 2. The standard InChI is InChI=1S/C26H29N3O2/c1-27-26(31)28-24-19-22(17-18-23(24)21-14-7-4-8-15-21)29(2)25(30)16-10-9-13-20-11-5-3-6-12-20/h3-8,11-12,14-15,17-19H,9-10,13,16H2,1-2H3,(H2,27,28,31). The number of aryl methyl sites for hydroxylation is 1. The SMILES string of the molecule is CNC(=O)Nc1cc(N(C)C(=O)CCCCc2ccccc2)ccc1-c1ccccc1. The van der Waals surface area contributed by atoms with E-state index in [1.165, 1.54) is 5.56 Å². The Morgan fingerprint density at radius 3 is 2.23 bits per heavy atom. The third-order valence-electron chi connectivity index (χ3n) is 5.27. The Kier molecular flexibility index (Phi) is 7.82. The topological polar surface area (TPSA) is 61.4 Å². The van der Waals surface area contributed by atoms with Crippen molar-refractivity contribution in [3.63, 3.8) is 0 Å². The first-order chi connectivity index (χ1) is 15.1. The van der Waals surface area contributed by atoms with Crippen LogP contribution in [0.2, 0.25) is 0 Å². The second kappa shape index (κ2) is 11.0. The number of nitrogens with zero attached hydrogens (tertiary/aromatic N) is 1. The van der Waals surface area contributed by atoms with Gasteiger partial charge in [-0.15, -0.1) is 0 Å². The summed E-state index contributed by atoms with van der Waals surface area (Å²) in [6.45, 7) is 0. The Bertz CT molecular complexity index is 1000. The summed E-state index contributed by atoms with van der Waals surface area (Å²) < 4.78 is 0. The van der Waals surface area contributed by atoms with Gasteiger partial charge in [0.15, 0.2) is 0 Å². The molecule has 0 aliphatic heterocycles. The number of unbranched alkanes of at least 4 members (excludes halogenated alkanes) is 1. The third-order valence-corrected chi connectivity index (χ3v) is 5.27. The summed E-state index contributed by atoms with van der Waals surface area (Å²) in [7, 11) is 3.35. The van der Waals surface area contributed by atoms with E-state index in [2.05, 4.69) is 22.8 Å². The number of carbonyl (C=O) groups is 2. The zero-order chi connectivity index (χ0) is 22.1. The summed E-state index contributed by atoms with van der Waals surface area (Å²) in [5.74, 6) is 0.0615. The van der Waals surface area contributed by atoms with Gasteiger partial charge in [-0.25, -0.2) is 4.79 Å². The van der Waals surface area contributed by atoms with Crippen molar-refractivity contribution in [3.05, 3.63) is 84.4 Å². The van der Waals surface area contributed by atoms with Crippen molar-refractivity contribution >= 4 is 23.3 Å². The minimum absolute atomic E-state index is 0.0615. The first kappa shape index (κ1) is 22.1. The number of rotatable bonds is 8. The second-order valence-corrected chi connectivity index (χ2v) is 7.45. The molecule has 0 heterocycles. The van der Waals surface area contributed by atoms with E-state index in [-0.39, 0.29) is 11.9 Å². The number of carbonyl (C=O) groups excluding carboxylic acids is 2. The Hall–Kier alpha value is -3.60. The van der Waals surface area contributed by atoms with E-state index in [1.807, 2.05) is 66.7 Å². The summed E-state index contributed by atoms with van der Waals surface area (Å²) in [5, 5.41) is 5.46. The van der Waals surface area contributed by atoms with Crippen molar-refractivity contribution in [2.75, 3.05) is 24.3 Å². The lowest BCUT2D eigenvalue weighted by molar-refractivity contribution is -0.118. The molecule has 3 rings (SSSR count). The van der Waals surface area contributed by atoms with Crippen molar-refractivity contribution < 1.29 is 9.59 Å². The smallest absolute Gasteiger partial charge is 0.318 e. The molecule has 3 aromatic carbocycles. The lowest BCUT2D eigenvalue weighted by atomic mass is 10.0. The van der Waals surface area contributed by atoms with E-state index in [4.69, 9.17) is 0 Å². The molecule has 3 amide bonds. The molecule has 160 valence electrons. The maximum absolute atomic E-state index is 12.7. The van der Waals surface area contributed by atoms with Gasteiger partial charge >= 0.3 is 6.03 Å². The lowest BCUT2D eigenvalue weighted by Gasteiger charge is -2.20. The molecule has 5 heteroatoms. The van der Waals surface area contributed by atoms with Gasteiger partial charge in [-0.3, -0.25) is 4.79 Å². The monoisotopic (exact) mass is 415 g/mol. The quantitative estimate of drug-likeness (QED) is 0.479. The number of urea groups is 1. The van der Waals surface area contributed by atoms with Crippen LogP contribution in [0.25, 0.3) is 11.1 Å². The minimum Gasteiger partial charge on any atom is -0.341 e. The van der Waals surface area contributed by atoms with E-state index in [0.29, 0.717) is 12.1 Å². The van der Waals surface area contributed by atoms with Crippen LogP contribution in [0.4, 0.5) is 16.2 Å². The van der Waals surface area contributed by atoms with Crippen molar-refractivity contribution in [1.82, 2.24) is 5.32 Å². The molecule has 0 aliphatic rings. The number of anilines is 2. The third kappa shape index (κ3) is 6.19. The fourth-order valence-electron chi connectivity index (χ4n) is 3.46. The molecule has 0 atom stereocenters. The van der Waals surface area contributed by atoms with Gasteiger partial charge in [-0.2, -0.15) is 0 Å². The van der Waals surface area contributed by atoms with Crippen LogP contribution in [0.3, 0.4) is 0 Å². The second-order valence-electron chi connectivity index (χ2n) is 7.45. The van der Waals surface area contributed by atoms with E-state index >= 15 is 0 Å². The molecule has 0 saturated heterocycles. The zero-order valence-corrected chi connectivity index (χ0v) is 18.1. The molecular weight excluding hydrogens is 386 g/mol. The van der Waals surface area contributed by atoms with Crippen LogP contribution in [0.15, 0.2) is 78.9 Å². The lowest BCUT2D eigenvalue weighted by Crippen LogP contribution is -2.27. The van der Waals surface area contributed by atoms with Gasteiger partial charge in [0.2, 0.25) is 5.91 Å². The van der Waals surface area contributed by atoms with Gasteiger partial charge in [0.25, 0.3) is 0 Å². The Balaban J connectivity index is 1.68. The molecule has 0 fully saturated rings. The van der Waals surface area contributed by atoms with Crippen LogP contribution in [-0.4, -0.2) is 26.0 Å². The van der Waals surface area contributed by atoms with Crippen LogP contribution < -0.4 is 15.5 Å². The van der Waals surface area contributed by atoms with Crippen molar-refractivity contribution in [2.24, 2.45) is 0 Å². The highest BCUT2D eigenvalue weighted by Crippen LogP contribution is 2.32. The predicted octanol–water partition coefficient (Wildman–Crippen LogP) is 5.48. The van der Waals surface area contributed by atoms with E-state index in [9.17, 15) is 9.59 Å². The van der Waals surface area contributed by atoms with Gasteiger partial charge in [0.1, 0.15) is 0 Å². The predicted molar refractivity (Wildman–Crippen MR) is 127 cm³/mol. The molecule has 0 aliphatic carbocycles. The minimum atomic E-state index is -0.302. The fourth-order valence-corrected chi connectivity index (χ4v) is 3.46. The molecule has 2 N–H and O–H groups in total. The highest BCUT2D eigenvalue weighted by Gasteiger charge is 2.15. The largest absolute Gasteiger partial charge is 0.341 e. The normalized spacial score (nSPS) is 10.4. The number of amides is 3. The van der Waals surface area contributed by atoms with Crippen molar-refractivity contribution in [2.45, 2.75) is 25.7 Å². The Morgan fingerprint density at radius 1 is 0.871 bits per heavy atom. The van der Waals surface area contributed by atoms with Crippen LogP contribution in [0.5, 0.6) is 0 Å². The van der Waals surface area contributed by atoms with Gasteiger partial charge in [0, 0.05) is 31.8 Å². The van der Waals surface area contributed by atoms with Crippen LogP contribution in [0, 0.1) is 0 Å². The van der Waals surface area contributed by atoms with E-state index in [0.717, 1.165) is 36.1 Å². The Morgan fingerprint density at radius 2 is 1.55 bits per heavy atom. The summed E-state index contributed by atoms with van der Waals surface area (Å²) >= 11 is 0. The van der Waals surface area contributed by atoms with Gasteiger partial charge in [0.05, 0.1) is 5.69 Å². The molecule has 3 aromatic rings. The molecule has 31 heavy (non-hydrogen) atoms. The zero-order valence-electron chi connectivity index (χ0n) is 18.1. The molecule has 0 saturated carbocycles. The molecule has 5 nitrogen and oxygen atoms in total. The maximum atomic E-state index is 12.7. The van der Waals surface area contributed by atoms with Crippen LogP contribution in [-0.2, 0) is 11.2 Å². The average molecular weight is 416 g/mol. The van der Waals surface area contributed by atoms with E-state index < -0.39 is 0 Å². The van der Waals surface area contributed by atoms with Crippen LogP contribution in [0.1, 0.15) is 24.8 Å². The number of hydrogen-bond donors (Lipinski definition) is 2. The maximum Gasteiger partial charge on any atom is 0.318 e. The number of benzene rings is 3. The highest BCUT2D eigenvalue weighted by molar-refractivity contribution is 5.98. The summed E-state index contributed by atoms with van der Waals surface area (Å²) in [5.41, 5.74) is 4.60. The van der Waals surface area contributed by atoms with E-state index in [1.54, 1.807) is 19.0 Å². The van der Waals surface area contributed by atoms with Gasteiger partial charge < -0.3 is 15.5 Å². The van der Waals surface area contributed by atoms with Crippen molar-refractivity contribution in [3.8, 4) is 11.1 Å². The Labute approximate surface area is 184 Å². The van der Waals surface area contributed by atoms with Crippen molar-refractivity contribution in [1.29, 1.82) is 0 Å². The molecule has 0 radical (unpaired) electrons. The first-order valence-corrected chi connectivity index (χ1v) is 10.6. The summed E-state index contributed by atoms with van der Waals surface area (Å²) in [6.07, 6.45) is 3.27. The van der Waals surface area contributed by atoms with Gasteiger partial charge in [-0.1, -0.05) is 66.7 Å². The highest BCUT2D eigenvalue weighted by atomic mass is 16.2.